The van der Waals surface area contributed by atoms with Crippen LogP contribution in [-0.4, -0.2) is 36.3 Å². The lowest BCUT2D eigenvalue weighted by Crippen LogP contribution is -2.32. The van der Waals surface area contributed by atoms with Crippen molar-refractivity contribution in [1.29, 1.82) is 0 Å². The van der Waals surface area contributed by atoms with Crippen molar-refractivity contribution in [3.63, 3.8) is 0 Å². The number of nitrogens with zero attached hydrogens (tertiary/aromatic N) is 1. The molecule has 1 heterocycles. The number of allylic oxidation sites excluding steroid dienone is 2. The van der Waals surface area contributed by atoms with Crippen LogP contribution >= 0.6 is 11.6 Å². The number of amides is 3. The molecule has 138 valence electrons. The van der Waals surface area contributed by atoms with Crippen LogP contribution in [0.5, 0.6) is 5.75 Å². The van der Waals surface area contributed by atoms with E-state index in [0.29, 0.717) is 35.7 Å². The van der Waals surface area contributed by atoms with Crippen molar-refractivity contribution in [1.82, 2.24) is 4.90 Å². The van der Waals surface area contributed by atoms with E-state index < -0.39 is 0 Å². The first-order chi connectivity index (χ1) is 12.5. The van der Waals surface area contributed by atoms with E-state index in [-0.39, 0.29) is 42.5 Å². The summed E-state index contributed by atoms with van der Waals surface area (Å²) in [5.74, 6) is -0.371. The van der Waals surface area contributed by atoms with E-state index in [1.54, 1.807) is 18.2 Å². The first-order valence-electron chi connectivity index (χ1n) is 8.65. The monoisotopic (exact) mass is 376 g/mol. The Kier molecular flexibility index (Phi) is 5.61. The van der Waals surface area contributed by atoms with Gasteiger partial charge in [0.25, 0.3) is 0 Å². The second-order valence-electron chi connectivity index (χ2n) is 6.48. The Balaban J connectivity index is 1.52. The summed E-state index contributed by atoms with van der Waals surface area (Å²) < 4.78 is 5.19. The fourth-order valence-corrected chi connectivity index (χ4v) is 3.65. The summed E-state index contributed by atoms with van der Waals surface area (Å²) in [4.78, 5) is 38.2. The molecule has 0 saturated carbocycles. The number of methoxy groups -OCH3 is 1. The molecule has 0 unspecified atom stereocenters. The van der Waals surface area contributed by atoms with E-state index in [0.717, 1.165) is 0 Å². The number of fused-ring (bicyclic) bond motifs is 1. The van der Waals surface area contributed by atoms with Gasteiger partial charge in [0.05, 0.1) is 24.6 Å². The number of hydrogen-bond donors (Lipinski definition) is 1. The highest BCUT2D eigenvalue weighted by Crippen LogP contribution is 2.35. The number of anilines is 1. The topological polar surface area (TPSA) is 75.7 Å². The standard InChI is InChI=1S/C19H21ClN2O4/c1-26-16-9-8-12(20)11-15(16)21-17(23)7-4-10-22-18(24)13-5-2-3-6-14(13)19(22)25/h2-3,8-9,11,13-14H,4-7,10H2,1H3,(H,21,23)/t13-,14+. The Morgan fingerprint density at radius 2 is 1.88 bits per heavy atom. The molecule has 0 bridgehead atoms. The number of hydrogen-bond acceptors (Lipinski definition) is 4. The van der Waals surface area contributed by atoms with Crippen molar-refractivity contribution in [2.75, 3.05) is 19.0 Å². The molecule has 0 aromatic heterocycles. The number of ether oxygens (including phenoxy) is 1. The molecule has 1 aromatic carbocycles. The van der Waals surface area contributed by atoms with E-state index in [9.17, 15) is 14.4 Å². The van der Waals surface area contributed by atoms with Gasteiger partial charge in [-0.1, -0.05) is 23.8 Å². The van der Waals surface area contributed by atoms with Gasteiger partial charge in [-0.15, -0.1) is 0 Å². The van der Waals surface area contributed by atoms with E-state index in [1.807, 2.05) is 12.2 Å². The largest absolute Gasteiger partial charge is 0.495 e. The molecular formula is C19H21ClN2O4. The molecule has 6 nitrogen and oxygen atoms in total. The zero-order chi connectivity index (χ0) is 18.7. The summed E-state index contributed by atoms with van der Waals surface area (Å²) in [5, 5.41) is 3.24. The van der Waals surface area contributed by atoms with Crippen LogP contribution in [0, 0.1) is 11.8 Å². The van der Waals surface area contributed by atoms with Gasteiger partial charge < -0.3 is 10.1 Å². The highest BCUT2D eigenvalue weighted by atomic mass is 35.5. The zero-order valence-electron chi connectivity index (χ0n) is 14.5. The average Bonchev–Trinajstić information content (AvgIpc) is 2.87. The summed E-state index contributed by atoms with van der Waals surface area (Å²) in [7, 11) is 1.51. The number of benzene rings is 1. The van der Waals surface area contributed by atoms with Crippen molar-refractivity contribution in [3.05, 3.63) is 35.4 Å². The first kappa shape index (κ1) is 18.5. The van der Waals surface area contributed by atoms with Gasteiger partial charge >= 0.3 is 0 Å². The number of halogens is 1. The van der Waals surface area contributed by atoms with Crippen molar-refractivity contribution >= 4 is 35.0 Å². The molecule has 3 rings (SSSR count). The van der Waals surface area contributed by atoms with Gasteiger partial charge in [0.15, 0.2) is 0 Å². The Morgan fingerprint density at radius 3 is 2.50 bits per heavy atom. The van der Waals surface area contributed by atoms with Gasteiger partial charge in [0.2, 0.25) is 17.7 Å². The second-order valence-corrected chi connectivity index (χ2v) is 6.92. The molecule has 1 fully saturated rings. The van der Waals surface area contributed by atoms with Crippen molar-refractivity contribution in [2.45, 2.75) is 25.7 Å². The van der Waals surface area contributed by atoms with Gasteiger partial charge in [-0.05, 0) is 37.5 Å². The molecule has 2 aliphatic rings. The molecule has 26 heavy (non-hydrogen) atoms. The van der Waals surface area contributed by atoms with Crippen LogP contribution in [0.1, 0.15) is 25.7 Å². The molecule has 0 spiro atoms. The predicted molar refractivity (Wildman–Crippen MR) is 97.9 cm³/mol. The van der Waals surface area contributed by atoms with Crippen molar-refractivity contribution in [3.8, 4) is 5.75 Å². The molecule has 7 heteroatoms. The molecule has 1 aromatic rings. The van der Waals surface area contributed by atoms with E-state index in [4.69, 9.17) is 16.3 Å². The van der Waals surface area contributed by atoms with Crippen LogP contribution in [0.4, 0.5) is 5.69 Å². The van der Waals surface area contributed by atoms with Crippen LogP contribution in [0.25, 0.3) is 0 Å². The minimum Gasteiger partial charge on any atom is -0.495 e. The summed E-state index contributed by atoms with van der Waals surface area (Å²) in [6.45, 7) is 0.269. The number of likely N-dealkylation sites (tertiary alicyclic amines) is 1. The number of carbonyl (C=O) groups excluding carboxylic acids is 3. The van der Waals surface area contributed by atoms with Gasteiger partial charge in [-0.3, -0.25) is 19.3 Å². The SMILES string of the molecule is COc1ccc(Cl)cc1NC(=O)CCCN1C(=O)[C@H]2CC=CC[C@H]2C1=O. The average molecular weight is 377 g/mol. The highest BCUT2D eigenvalue weighted by Gasteiger charge is 2.46. The molecular weight excluding hydrogens is 356 g/mol. The molecule has 3 amide bonds. The summed E-state index contributed by atoms with van der Waals surface area (Å²) in [6.07, 6.45) is 5.78. The van der Waals surface area contributed by atoms with Crippen LogP contribution in [0.3, 0.4) is 0 Å². The smallest absolute Gasteiger partial charge is 0.233 e. The number of carbonyl (C=O) groups is 3. The number of rotatable bonds is 6. The fraction of sp³-hybridized carbons (Fsp3) is 0.421. The van der Waals surface area contributed by atoms with Gasteiger partial charge in [0.1, 0.15) is 5.75 Å². The van der Waals surface area contributed by atoms with Crippen molar-refractivity contribution < 1.29 is 19.1 Å². The lowest BCUT2D eigenvalue weighted by molar-refractivity contribution is -0.140. The predicted octanol–water partition coefficient (Wildman–Crippen LogP) is 3.02. The normalized spacial score (nSPS) is 21.7. The van der Waals surface area contributed by atoms with Gasteiger partial charge in [-0.2, -0.15) is 0 Å². The quantitative estimate of drug-likeness (QED) is 0.611. The minimum atomic E-state index is -0.225. The van der Waals surface area contributed by atoms with Gasteiger partial charge in [0, 0.05) is 18.0 Å². The molecule has 2 atom stereocenters. The second kappa shape index (κ2) is 7.91. The summed E-state index contributed by atoms with van der Waals surface area (Å²) in [6, 6.07) is 4.97. The molecule has 0 radical (unpaired) electrons. The van der Waals surface area contributed by atoms with Crippen LogP contribution in [0.15, 0.2) is 30.4 Å². The fourth-order valence-electron chi connectivity index (χ4n) is 3.48. The van der Waals surface area contributed by atoms with Crippen LogP contribution < -0.4 is 10.1 Å². The Hall–Kier alpha value is -2.34. The molecule has 1 N–H and O–H groups in total. The lowest BCUT2D eigenvalue weighted by atomic mass is 9.85. The highest BCUT2D eigenvalue weighted by molar-refractivity contribution is 6.31. The molecule has 1 aliphatic heterocycles. The maximum absolute atomic E-state index is 12.4. The number of nitrogens with one attached hydrogen (secondary N) is 1. The maximum Gasteiger partial charge on any atom is 0.233 e. The molecule has 1 aliphatic carbocycles. The Bertz CT molecular complexity index is 736. The third kappa shape index (κ3) is 3.75. The van der Waals surface area contributed by atoms with E-state index >= 15 is 0 Å². The van der Waals surface area contributed by atoms with Gasteiger partial charge in [-0.25, -0.2) is 0 Å². The first-order valence-corrected chi connectivity index (χ1v) is 9.02. The Labute approximate surface area is 157 Å². The Morgan fingerprint density at radius 1 is 1.23 bits per heavy atom. The van der Waals surface area contributed by atoms with E-state index in [1.165, 1.54) is 12.0 Å². The number of imide groups is 1. The van der Waals surface area contributed by atoms with Crippen LogP contribution in [0.2, 0.25) is 5.02 Å². The third-order valence-corrected chi connectivity index (χ3v) is 5.06. The van der Waals surface area contributed by atoms with E-state index in [2.05, 4.69) is 5.32 Å². The molecule has 1 saturated heterocycles. The zero-order valence-corrected chi connectivity index (χ0v) is 15.3. The van der Waals surface area contributed by atoms with Crippen molar-refractivity contribution in [2.24, 2.45) is 11.8 Å². The maximum atomic E-state index is 12.4. The third-order valence-electron chi connectivity index (χ3n) is 4.82. The minimum absolute atomic E-state index is 0.110. The lowest BCUT2D eigenvalue weighted by Gasteiger charge is -2.15. The van der Waals surface area contributed by atoms with Crippen LogP contribution in [-0.2, 0) is 14.4 Å². The summed E-state index contributed by atoms with van der Waals surface area (Å²) in [5.41, 5.74) is 0.496. The summed E-state index contributed by atoms with van der Waals surface area (Å²) >= 11 is 5.95.